The molecule has 0 heterocycles. The zero-order valence-electron chi connectivity index (χ0n) is 8.53. The lowest BCUT2D eigenvalue weighted by Crippen LogP contribution is -2.07. The van der Waals surface area contributed by atoms with Gasteiger partial charge in [-0.05, 0) is 31.9 Å². The van der Waals surface area contributed by atoms with Crippen molar-refractivity contribution in [3.8, 4) is 0 Å². The molecule has 1 unspecified atom stereocenters. The number of aliphatic hydroxyl groups excluding tert-OH is 1. The first-order valence-corrected chi connectivity index (χ1v) is 4.96. The van der Waals surface area contributed by atoms with Crippen LogP contribution in [-0.4, -0.2) is 17.8 Å². The molecule has 0 fully saturated rings. The molecule has 78 valence electrons. The van der Waals surface area contributed by atoms with E-state index in [-0.39, 0.29) is 6.10 Å². The number of rotatable bonds is 5. The minimum Gasteiger partial charge on any atom is -0.397 e. The van der Waals surface area contributed by atoms with Crippen LogP contribution in [0.25, 0.3) is 0 Å². The minimum atomic E-state index is -0.218. The van der Waals surface area contributed by atoms with Crippen molar-refractivity contribution in [2.24, 2.45) is 0 Å². The molecule has 0 bridgehead atoms. The predicted molar refractivity (Wildman–Crippen MR) is 60.3 cm³/mol. The van der Waals surface area contributed by atoms with Gasteiger partial charge < -0.3 is 16.2 Å². The highest BCUT2D eigenvalue weighted by atomic mass is 16.3. The Morgan fingerprint density at radius 2 is 2.14 bits per heavy atom. The highest BCUT2D eigenvalue weighted by Gasteiger charge is 1.97. The van der Waals surface area contributed by atoms with Crippen LogP contribution in [0.3, 0.4) is 0 Å². The molecule has 0 aliphatic heterocycles. The number of aliphatic hydroxyl groups is 1. The van der Waals surface area contributed by atoms with Crippen LogP contribution in [-0.2, 0) is 0 Å². The summed E-state index contributed by atoms with van der Waals surface area (Å²) >= 11 is 0. The third kappa shape index (κ3) is 3.66. The summed E-state index contributed by atoms with van der Waals surface area (Å²) in [7, 11) is 0. The fourth-order valence-corrected chi connectivity index (χ4v) is 1.28. The average molecular weight is 194 g/mol. The number of hydrogen-bond donors (Lipinski definition) is 3. The molecule has 3 heteroatoms. The maximum absolute atomic E-state index is 9.05. The minimum absolute atomic E-state index is 0.218. The number of hydrogen-bond acceptors (Lipinski definition) is 3. The SMILES string of the molecule is CC(O)CCCNc1ccccc1N. The molecule has 0 aliphatic carbocycles. The van der Waals surface area contributed by atoms with Gasteiger partial charge in [0.05, 0.1) is 17.5 Å². The van der Waals surface area contributed by atoms with E-state index >= 15 is 0 Å². The Morgan fingerprint density at radius 3 is 2.79 bits per heavy atom. The van der Waals surface area contributed by atoms with Crippen LogP contribution < -0.4 is 11.1 Å². The Labute approximate surface area is 84.9 Å². The van der Waals surface area contributed by atoms with E-state index in [1.165, 1.54) is 0 Å². The van der Waals surface area contributed by atoms with E-state index in [9.17, 15) is 0 Å². The van der Waals surface area contributed by atoms with Crippen molar-refractivity contribution < 1.29 is 5.11 Å². The quantitative estimate of drug-likeness (QED) is 0.495. The highest BCUT2D eigenvalue weighted by molar-refractivity contribution is 5.65. The fourth-order valence-electron chi connectivity index (χ4n) is 1.28. The summed E-state index contributed by atoms with van der Waals surface area (Å²) in [6, 6.07) is 7.69. The van der Waals surface area contributed by atoms with E-state index in [0.717, 1.165) is 30.8 Å². The molecule has 0 radical (unpaired) electrons. The van der Waals surface area contributed by atoms with Crippen LogP contribution in [0.5, 0.6) is 0 Å². The second kappa shape index (κ2) is 5.50. The highest BCUT2D eigenvalue weighted by Crippen LogP contribution is 2.16. The van der Waals surface area contributed by atoms with Crippen LogP contribution in [0.15, 0.2) is 24.3 Å². The summed E-state index contributed by atoms with van der Waals surface area (Å²) < 4.78 is 0. The molecule has 0 amide bonds. The topological polar surface area (TPSA) is 58.3 Å². The van der Waals surface area contributed by atoms with E-state index in [0.29, 0.717) is 0 Å². The molecular formula is C11H18N2O. The lowest BCUT2D eigenvalue weighted by atomic mass is 10.2. The van der Waals surface area contributed by atoms with Crippen molar-refractivity contribution in [2.45, 2.75) is 25.9 Å². The number of anilines is 2. The molecule has 0 spiro atoms. The monoisotopic (exact) mass is 194 g/mol. The van der Waals surface area contributed by atoms with Gasteiger partial charge in [0, 0.05) is 6.54 Å². The summed E-state index contributed by atoms with van der Waals surface area (Å²) in [5.41, 5.74) is 7.49. The van der Waals surface area contributed by atoms with Gasteiger partial charge in [-0.25, -0.2) is 0 Å². The van der Waals surface area contributed by atoms with E-state index in [2.05, 4.69) is 5.32 Å². The van der Waals surface area contributed by atoms with Gasteiger partial charge >= 0.3 is 0 Å². The van der Waals surface area contributed by atoms with Crippen LogP contribution >= 0.6 is 0 Å². The fraction of sp³-hybridized carbons (Fsp3) is 0.455. The molecule has 0 saturated heterocycles. The Hall–Kier alpha value is -1.22. The van der Waals surface area contributed by atoms with Crippen molar-refractivity contribution in [2.75, 3.05) is 17.6 Å². The van der Waals surface area contributed by atoms with Crippen molar-refractivity contribution in [1.29, 1.82) is 0 Å². The van der Waals surface area contributed by atoms with E-state index in [4.69, 9.17) is 10.8 Å². The first-order valence-electron chi connectivity index (χ1n) is 4.96. The number of nitrogens with one attached hydrogen (secondary N) is 1. The van der Waals surface area contributed by atoms with Gasteiger partial charge in [-0.1, -0.05) is 12.1 Å². The Kier molecular flexibility index (Phi) is 4.26. The molecular weight excluding hydrogens is 176 g/mol. The number of benzene rings is 1. The number of para-hydroxylation sites is 2. The maximum atomic E-state index is 9.05. The van der Waals surface area contributed by atoms with Crippen molar-refractivity contribution in [3.05, 3.63) is 24.3 Å². The Morgan fingerprint density at radius 1 is 1.43 bits per heavy atom. The van der Waals surface area contributed by atoms with Crippen LogP contribution in [0.1, 0.15) is 19.8 Å². The molecule has 1 aromatic carbocycles. The van der Waals surface area contributed by atoms with Gasteiger partial charge in [0.25, 0.3) is 0 Å². The van der Waals surface area contributed by atoms with E-state index in [1.807, 2.05) is 24.3 Å². The molecule has 3 nitrogen and oxygen atoms in total. The average Bonchev–Trinajstić information content (AvgIpc) is 2.15. The Balaban J connectivity index is 2.28. The lowest BCUT2D eigenvalue weighted by molar-refractivity contribution is 0.183. The van der Waals surface area contributed by atoms with Crippen molar-refractivity contribution >= 4 is 11.4 Å². The largest absolute Gasteiger partial charge is 0.397 e. The van der Waals surface area contributed by atoms with Crippen molar-refractivity contribution in [1.82, 2.24) is 0 Å². The molecule has 0 aromatic heterocycles. The van der Waals surface area contributed by atoms with Gasteiger partial charge in [0.15, 0.2) is 0 Å². The van der Waals surface area contributed by atoms with E-state index < -0.39 is 0 Å². The van der Waals surface area contributed by atoms with Gasteiger partial charge in [-0.2, -0.15) is 0 Å². The first-order chi connectivity index (χ1) is 6.70. The first kappa shape index (κ1) is 10.9. The van der Waals surface area contributed by atoms with Gasteiger partial charge in [-0.3, -0.25) is 0 Å². The van der Waals surface area contributed by atoms with Crippen LogP contribution in [0, 0.1) is 0 Å². The van der Waals surface area contributed by atoms with Crippen LogP contribution in [0.2, 0.25) is 0 Å². The third-order valence-electron chi connectivity index (χ3n) is 2.07. The second-order valence-corrected chi connectivity index (χ2v) is 3.51. The standard InChI is InChI=1S/C11H18N2O/c1-9(14)5-4-8-13-11-7-3-2-6-10(11)12/h2-3,6-7,9,13-14H,4-5,8,12H2,1H3. The molecule has 1 aromatic rings. The molecule has 1 rings (SSSR count). The molecule has 4 N–H and O–H groups in total. The molecule has 14 heavy (non-hydrogen) atoms. The number of nitrogen functional groups attached to an aromatic ring is 1. The van der Waals surface area contributed by atoms with Gasteiger partial charge in [0.2, 0.25) is 0 Å². The Bertz CT molecular complexity index is 274. The molecule has 0 aliphatic rings. The maximum Gasteiger partial charge on any atom is 0.0573 e. The summed E-state index contributed by atoms with van der Waals surface area (Å²) in [4.78, 5) is 0. The zero-order valence-corrected chi connectivity index (χ0v) is 8.53. The third-order valence-corrected chi connectivity index (χ3v) is 2.07. The van der Waals surface area contributed by atoms with Gasteiger partial charge in [0.1, 0.15) is 0 Å². The number of nitrogens with two attached hydrogens (primary N) is 1. The second-order valence-electron chi connectivity index (χ2n) is 3.51. The van der Waals surface area contributed by atoms with Crippen molar-refractivity contribution in [3.63, 3.8) is 0 Å². The molecule has 1 atom stereocenters. The summed E-state index contributed by atoms with van der Waals surface area (Å²) in [5, 5.41) is 12.3. The zero-order chi connectivity index (χ0) is 10.4. The normalized spacial score (nSPS) is 12.4. The van der Waals surface area contributed by atoms with E-state index in [1.54, 1.807) is 6.92 Å². The lowest BCUT2D eigenvalue weighted by Gasteiger charge is -2.09. The van der Waals surface area contributed by atoms with Crippen LogP contribution in [0.4, 0.5) is 11.4 Å². The summed E-state index contributed by atoms with van der Waals surface area (Å²) in [6.45, 7) is 2.65. The van der Waals surface area contributed by atoms with Gasteiger partial charge in [-0.15, -0.1) is 0 Å². The molecule has 0 saturated carbocycles. The summed E-state index contributed by atoms with van der Waals surface area (Å²) in [6.07, 6.45) is 1.55. The predicted octanol–water partition coefficient (Wildman–Crippen LogP) is 1.84. The summed E-state index contributed by atoms with van der Waals surface area (Å²) in [5.74, 6) is 0. The smallest absolute Gasteiger partial charge is 0.0573 e.